The van der Waals surface area contributed by atoms with Gasteiger partial charge in [-0.2, -0.15) is 31.3 Å². The minimum atomic E-state index is -4.94. The number of aliphatic imine (C=N–C) groups is 1. The van der Waals surface area contributed by atoms with Crippen molar-refractivity contribution < 1.29 is 52.8 Å². The lowest BCUT2D eigenvalue weighted by atomic mass is 10.00. The summed E-state index contributed by atoms with van der Waals surface area (Å²) in [5.41, 5.74) is 6.83. The molecule has 2 aromatic rings. The first-order valence-corrected chi connectivity index (χ1v) is 16.7. The first kappa shape index (κ1) is 36.3. The molecule has 2 aromatic carbocycles. The third-order valence-electron chi connectivity index (χ3n) is 7.53. The molecule has 0 aliphatic heterocycles. The highest BCUT2D eigenvalue weighted by molar-refractivity contribution is 7.92. The number of halogens is 7. The van der Waals surface area contributed by atoms with Gasteiger partial charge in [-0.25, -0.2) is 16.8 Å². The number of amides is 1. The van der Waals surface area contributed by atoms with Crippen LogP contribution in [0.4, 0.5) is 26.3 Å². The first-order chi connectivity index (χ1) is 20.5. The third kappa shape index (κ3) is 7.80. The van der Waals surface area contributed by atoms with Crippen molar-refractivity contribution in [2.24, 2.45) is 16.5 Å². The van der Waals surface area contributed by atoms with E-state index in [0.717, 1.165) is 12.1 Å². The van der Waals surface area contributed by atoms with Gasteiger partial charge in [0.2, 0.25) is 0 Å². The van der Waals surface area contributed by atoms with Crippen molar-refractivity contribution >= 4 is 48.4 Å². The second-order valence-corrected chi connectivity index (χ2v) is 15.4. The second kappa shape index (κ2) is 12.9. The van der Waals surface area contributed by atoms with Gasteiger partial charge >= 0.3 is 12.4 Å². The zero-order valence-electron chi connectivity index (χ0n) is 23.7. The van der Waals surface area contributed by atoms with Gasteiger partial charge in [-0.1, -0.05) is 12.8 Å². The fourth-order valence-electron chi connectivity index (χ4n) is 4.62. The lowest BCUT2D eigenvalue weighted by Gasteiger charge is -2.27. The average molecular weight is 704 g/mol. The molecule has 0 heterocycles. The summed E-state index contributed by atoms with van der Waals surface area (Å²) in [6.07, 6.45) is -7.11. The number of sulfone groups is 2. The number of rotatable bonds is 6. The molecule has 1 amide bonds. The molecule has 0 bridgehead atoms. The van der Waals surface area contributed by atoms with Crippen molar-refractivity contribution in [2.45, 2.75) is 85.0 Å². The Morgan fingerprint density at radius 2 is 1.09 bits per heavy atom. The molecule has 2 fully saturated rings. The zero-order valence-corrected chi connectivity index (χ0v) is 26.1. The Labute approximate surface area is 259 Å². The van der Waals surface area contributed by atoms with Crippen molar-refractivity contribution in [3.63, 3.8) is 0 Å². The zero-order chi connectivity index (χ0) is 34.3. The Morgan fingerprint density at radius 1 is 0.733 bits per heavy atom. The van der Waals surface area contributed by atoms with E-state index in [1.54, 1.807) is 0 Å². The van der Waals surface area contributed by atoms with Gasteiger partial charge in [0, 0.05) is 11.1 Å². The number of aryl methyl sites for hydroxylation is 2. The molecule has 0 aromatic heterocycles. The summed E-state index contributed by atoms with van der Waals surface area (Å²) < 4.78 is 129. The number of benzene rings is 2. The molecule has 45 heavy (non-hydrogen) atoms. The van der Waals surface area contributed by atoms with Gasteiger partial charge in [-0.15, -0.1) is 0 Å². The van der Waals surface area contributed by atoms with Crippen LogP contribution in [-0.2, 0) is 32.0 Å². The Morgan fingerprint density at radius 3 is 1.38 bits per heavy atom. The van der Waals surface area contributed by atoms with Crippen molar-refractivity contribution in [2.75, 3.05) is 0 Å². The van der Waals surface area contributed by atoms with Crippen molar-refractivity contribution in [3.8, 4) is 0 Å². The van der Waals surface area contributed by atoms with E-state index < -0.39 is 86.1 Å². The Balaban J connectivity index is 0.000000248. The maximum atomic E-state index is 13.3. The molecule has 4 rings (SSSR count). The van der Waals surface area contributed by atoms with Crippen LogP contribution in [0.5, 0.6) is 0 Å². The van der Waals surface area contributed by atoms with E-state index >= 15 is 0 Å². The quantitative estimate of drug-likeness (QED) is 0.173. The van der Waals surface area contributed by atoms with E-state index in [2.05, 4.69) is 4.99 Å². The van der Waals surface area contributed by atoms with Crippen molar-refractivity contribution in [3.05, 3.63) is 57.6 Å². The number of hydrogen-bond donors (Lipinski definition) is 2. The van der Waals surface area contributed by atoms with Crippen LogP contribution in [0.2, 0.25) is 0 Å². The number of nitrogens with two attached hydrogens (primary N) is 2. The maximum absolute atomic E-state index is 13.3. The summed E-state index contributed by atoms with van der Waals surface area (Å²) in [5.74, 6) is -1.66. The predicted octanol–water partition coefficient (Wildman–Crippen LogP) is 5.47. The minimum absolute atomic E-state index is 0.0518. The molecule has 9 nitrogen and oxygen atoms in total. The molecular formula is C27H28ClF6N3O6S2. The summed E-state index contributed by atoms with van der Waals surface area (Å²) in [5, 5.41) is -2.65. The van der Waals surface area contributed by atoms with Crippen LogP contribution >= 0.6 is 11.6 Å². The monoisotopic (exact) mass is 703 g/mol. The summed E-state index contributed by atoms with van der Waals surface area (Å²) in [7, 11) is -8.18. The molecule has 0 atom stereocenters. The van der Waals surface area contributed by atoms with Gasteiger partial charge in [0.25, 0.3) is 11.1 Å². The van der Waals surface area contributed by atoms with Gasteiger partial charge in [-0.3, -0.25) is 9.59 Å². The summed E-state index contributed by atoms with van der Waals surface area (Å²) in [6.45, 7) is 2.69. The van der Waals surface area contributed by atoms with Crippen LogP contribution in [-0.4, -0.2) is 44.4 Å². The molecule has 2 saturated carbocycles. The predicted molar refractivity (Wildman–Crippen MR) is 152 cm³/mol. The first-order valence-electron chi connectivity index (χ1n) is 13.2. The second-order valence-electron chi connectivity index (χ2n) is 10.6. The third-order valence-corrected chi connectivity index (χ3v) is 12.3. The van der Waals surface area contributed by atoms with Gasteiger partial charge in [0.1, 0.15) is 0 Å². The van der Waals surface area contributed by atoms with E-state index in [4.69, 9.17) is 23.1 Å². The molecule has 0 unspecified atom stereocenters. The normalized spacial score (nSPS) is 16.1. The Hall–Kier alpha value is -3.18. The highest BCUT2D eigenvalue weighted by atomic mass is 35.5. The van der Waals surface area contributed by atoms with Crippen molar-refractivity contribution in [1.29, 1.82) is 0 Å². The van der Waals surface area contributed by atoms with Gasteiger partial charge in [0.15, 0.2) is 25.6 Å². The fourth-order valence-corrected chi connectivity index (χ4v) is 9.09. The number of alkyl halides is 6. The van der Waals surface area contributed by atoms with Crippen LogP contribution < -0.4 is 11.5 Å². The molecule has 0 radical (unpaired) electrons. The minimum Gasteiger partial charge on any atom is -0.370 e. The van der Waals surface area contributed by atoms with Crippen LogP contribution in [0.3, 0.4) is 0 Å². The molecular weight excluding hydrogens is 676 g/mol. The summed E-state index contributed by atoms with van der Waals surface area (Å²) in [6, 6.07) is 2.78. The highest BCUT2D eigenvalue weighted by Gasteiger charge is 2.43. The molecule has 18 heteroatoms. The van der Waals surface area contributed by atoms with Crippen LogP contribution in [0.25, 0.3) is 0 Å². The lowest BCUT2D eigenvalue weighted by Crippen LogP contribution is -2.30. The van der Waals surface area contributed by atoms with Gasteiger partial charge in [0.05, 0.1) is 31.4 Å². The van der Waals surface area contributed by atoms with Crippen LogP contribution in [0.1, 0.15) is 81.5 Å². The van der Waals surface area contributed by atoms with Crippen LogP contribution in [0.15, 0.2) is 39.0 Å². The van der Waals surface area contributed by atoms with E-state index in [-0.39, 0.29) is 16.7 Å². The highest BCUT2D eigenvalue weighted by Crippen LogP contribution is 2.42. The fraction of sp³-hybridized carbons (Fsp3) is 0.444. The summed E-state index contributed by atoms with van der Waals surface area (Å²) >= 11 is 5.24. The topological polar surface area (TPSA) is 167 Å². The van der Waals surface area contributed by atoms with E-state index in [1.165, 1.54) is 13.8 Å². The SMILES string of the molecule is Cc1cc(S(=O)(=O)C2CCC2)c(C(F)(F)F)cc1C(=O)Cl.Cc1cc(S(=O)(=O)C2CCC2)c(C(F)(F)F)cc1C(=O)N=C(N)N. The smallest absolute Gasteiger partial charge is 0.370 e. The van der Waals surface area contributed by atoms with Gasteiger partial charge < -0.3 is 11.5 Å². The van der Waals surface area contributed by atoms with Crippen molar-refractivity contribution in [1.82, 2.24) is 0 Å². The molecule has 2 aliphatic carbocycles. The number of carbonyl (C=O) groups is 2. The lowest BCUT2D eigenvalue weighted by molar-refractivity contribution is -0.140. The molecule has 248 valence electrons. The number of nitrogens with zero attached hydrogens (tertiary/aromatic N) is 1. The molecule has 0 spiro atoms. The Kier molecular flexibility index (Phi) is 10.4. The standard InChI is InChI=1S/C14H16F3N3O3S.C13H12ClF3O3S/c1-7-5-11(24(22,23)8-3-2-4-8)10(14(15,16)17)6-9(7)12(21)20-13(18)19;1-7-5-11(21(19,20)8-3-2-4-8)10(13(15,16)17)6-9(7)12(14)18/h5-6,8H,2-4H2,1H3,(H4,18,19,20,21);5-6,8H,2-4H2,1H3. The molecule has 2 aliphatic rings. The number of guanidine groups is 1. The number of carbonyl (C=O) groups excluding carboxylic acids is 2. The summed E-state index contributed by atoms with van der Waals surface area (Å²) in [4.78, 5) is 24.6. The average Bonchev–Trinajstić information content (AvgIpc) is 2.79. The maximum Gasteiger partial charge on any atom is 0.417 e. The van der Waals surface area contributed by atoms with E-state index in [1.807, 2.05) is 0 Å². The molecule has 4 N–H and O–H groups in total. The van der Waals surface area contributed by atoms with Crippen LogP contribution in [0, 0.1) is 13.8 Å². The Bertz CT molecular complexity index is 1760. The largest absolute Gasteiger partial charge is 0.417 e. The number of hydrogen-bond acceptors (Lipinski definition) is 6. The van der Waals surface area contributed by atoms with Gasteiger partial charge in [-0.05, 0) is 86.5 Å². The van der Waals surface area contributed by atoms with E-state index in [9.17, 15) is 52.8 Å². The van der Waals surface area contributed by atoms with E-state index in [0.29, 0.717) is 50.7 Å². The molecule has 0 saturated heterocycles.